The molecule has 1 aromatic carbocycles. The summed E-state index contributed by atoms with van der Waals surface area (Å²) in [4.78, 5) is 40.1. The summed E-state index contributed by atoms with van der Waals surface area (Å²) in [6.45, 7) is 3.20. The molecule has 0 aliphatic rings. The van der Waals surface area contributed by atoms with Crippen molar-refractivity contribution in [2.24, 2.45) is 7.05 Å². The van der Waals surface area contributed by atoms with Crippen molar-refractivity contribution in [3.8, 4) is 0 Å². The summed E-state index contributed by atoms with van der Waals surface area (Å²) in [6, 6.07) is 8.07. The molecule has 0 saturated heterocycles. The topological polar surface area (TPSA) is 103 Å². The van der Waals surface area contributed by atoms with Crippen LogP contribution in [-0.4, -0.2) is 39.0 Å². The van der Waals surface area contributed by atoms with Gasteiger partial charge in [0.1, 0.15) is 0 Å². The van der Waals surface area contributed by atoms with Gasteiger partial charge in [0, 0.05) is 36.3 Å². The van der Waals surface area contributed by atoms with Gasteiger partial charge in [-0.2, -0.15) is 5.10 Å². The van der Waals surface area contributed by atoms with Crippen molar-refractivity contribution >= 4 is 34.4 Å². The zero-order chi connectivity index (χ0) is 20.3. The van der Waals surface area contributed by atoms with Gasteiger partial charge in [-0.15, -0.1) is 0 Å². The minimum atomic E-state index is -0.627. The first-order valence-corrected chi connectivity index (χ1v) is 8.78. The molecule has 1 amide bonds. The van der Waals surface area contributed by atoms with E-state index in [0.29, 0.717) is 23.3 Å². The summed E-state index contributed by atoms with van der Waals surface area (Å²) in [7, 11) is 1.78. The fourth-order valence-corrected chi connectivity index (χ4v) is 2.71. The second kappa shape index (κ2) is 7.99. The van der Waals surface area contributed by atoms with E-state index in [4.69, 9.17) is 4.74 Å². The molecule has 8 heteroatoms. The first kappa shape index (κ1) is 19.2. The predicted octanol–water partition coefficient (Wildman–Crippen LogP) is 2.66. The van der Waals surface area contributed by atoms with E-state index in [1.54, 1.807) is 49.0 Å². The van der Waals surface area contributed by atoms with E-state index >= 15 is 0 Å². The smallest absolute Gasteiger partial charge is 0.340 e. The summed E-state index contributed by atoms with van der Waals surface area (Å²) < 4.78 is 6.76. The molecule has 0 unspecified atom stereocenters. The molecule has 0 spiro atoms. The van der Waals surface area contributed by atoms with Crippen LogP contribution in [0.15, 0.2) is 36.5 Å². The first-order valence-electron chi connectivity index (χ1n) is 8.78. The standard InChI is InChI=1S/C20H20N4O4/c1-4-18(26)22-15-7-5-13(6-8-15)17(25)11-28-20(27)14-9-16-12(2)23-24(3)19(16)21-10-14/h5-10H,4,11H2,1-3H3,(H,22,26). The van der Waals surface area contributed by atoms with Gasteiger partial charge in [0.15, 0.2) is 18.0 Å². The lowest BCUT2D eigenvalue weighted by Crippen LogP contribution is -2.15. The third-order valence-corrected chi connectivity index (χ3v) is 4.24. The number of esters is 1. The molecule has 0 aliphatic heterocycles. The largest absolute Gasteiger partial charge is 0.454 e. The van der Waals surface area contributed by atoms with Crippen LogP contribution in [0, 0.1) is 6.92 Å². The molecule has 0 radical (unpaired) electrons. The Morgan fingerprint density at radius 3 is 2.54 bits per heavy atom. The van der Waals surface area contributed by atoms with Crippen molar-refractivity contribution in [2.45, 2.75) is 20.3 Å². The lowest BCUT2D eigenvalue weighted by Gasteiger charge is -2.06. The van der Waals surface area contributed by atoms with Gasteiger partial charge in [-0.3, -0.25) is 14.3 Å². The van der Waals surface area contributed by atoms with Gasteiger partial charge in [-0.1, -0.05) is 6.92 Å². The van der Waals surface area contributed by atoms with Gasteiger partial charge in [-0.25, -0.2) is 9.78 Å². The predicted molar refractivity (Wildman–Crippen MR) is 103 cm³/mol. The SMILES string of the molecule is CCC(=O)Nc1ccc(C(=O)COC(=O)c2cnc3c(c2)c(C)nn3C)cc1. The van der Waals surface area contributed by atoms with Crippen molar-refractivity contribution in [1.29, 1.82) is 0 Å². The lowest BCUT2D eigenvalue weighted by atomic mass is 10.1. The Morgan fingerprint density at radius 1 is 1.14 bits per heavy atom. The molecule has 3 aromatic rings. The fourth-order valence-electron chi connectivity index (χ4n) is 2.71. The number of Topliss-reactive ketones (excluding diaryl/α,β-unsaturated/α-hetero) is 1. The van der Waals surface area contributed by atoms with E-state index in [0.717, 1.165) is 11.1 Å². The van der Waals surface area contributed by atoms with E-state index in [-0.39, 0.29) is 23.9 Å². The monoisotopic (exact) mass is 380 g/mol. The second-order valence-corrected chi connectivity index (χ2v) is 6.28. The van der Waals surface area contributed by atoms with Crippen molar-refractivity contribution in [3.63, 3.8) is 0 Å². The molecule has 0 aliphatic carbocycles. The van der Waals surface area contributed by atoms with Crippen LogP contribution in [0.5, 0.6) is 0 Å². The minimum Gasteiger partial charge on any atom is -0.454 e. The van der Waals surface area contributed by atoms with E-state index in [1.165, 1.54) is 6.20 Å². The number of nitrogens with zero attached hydrogens (tertiary/aromatic N) is 3. The Labute approximate surface area is 161 Å². The summed E-state index contributed by atoms with van der Waals surface area (Å²) >= 11 is 0. The Bertz CT molecular complexity index is 1050. The number of pyridine rings is 1. The molecule has 0 saturated carbocycles. The highest BCUT2D eigenvalue weighted by molar-refractivity contribution is 6.00. The summed E-state index contributed by atoms with van der Waals surface area (Å²) in [5.41, 5.74) is 2.67. The van der Waals surface area contributed by atoms with Gasteiger partial charge in [0.05, 0.1) is 11.3 Å². The van der Waals surface area contributed by atoms with E-state index in [1.807, 2.05) is 6.92 Å². The molecular weight excluding hydrogens is 360 g/mol. The molecule has 0 bridgehead atoms. The number of ketones is 1. The number of benzene rings is 1. The number of hydrogen-bond donors (Lipinski definition) is 1. The maximum atomic E-state index is 12.3. The zero-order valence-electron chi connectivity index (χ0n) is 15.9. The first-order chi connectivity index (χ1) is 13.4. The van der Waals surface area contributed by atoms with Gasteiger partial charge in [-0.05, 0) is 37.3 Å². The van der Waals surface area contributed by atoms with Gasteiger partial charge >= 0.3 is 5.97 Å². The normalized spacial score (nSPS) is 10.7. The van der Waals surface area contributed by atoms with Crippen LogP contribution >= 0.6 is 0 Å². The van der Waals surface area contributed by atoms with Crippen LogP contribution in [0.3, 0.4) is 0 Å². The lowest BCUT2D eigenvalue weighted by molar-refractivity contribution is -0.115. The maximum absolute atomic E-state index is 12.3. The van der Waals surface area contributed by atoms with Crippen LogP contribution in [0.1, 0.15) is 39.8 Å². The molecular formula is C20H20N4O4. The molecule has 8 nitrogen and oxygen atoms in total. The number of rotatable bonds is 6. The molecule has 2 aromatic heterocycles. The molecule has 3 rings (SSSR count). The van der Waals surface area contributed by atoms with Crippen LogP contribution in [0.25, 0.3) is 11.0 Å². The number of fused-ring (bicyclic) bond motifs is 1. The minimum absolute atomic E-state index is 0.109. The number of ether oxygens (including phenoxy) is 1. The Kier molecular flexibility index (Phi) is 5.49. The number of carbonyl (C=O) groups is 3. The molecule has 2 heterocycles. The number of aryl methyl sites for hydroxylation is 2. The molecule has 0 fully saturated rings. The highest BCUT2D eigenvalue weighted by Crippen LogP contribution is 2.17. The van der Waals surface area contributed by atoms with Crippen molar-refractivity contribution < 1.29 is 19.1 Å². The van der Waals surface area contributed by atoms with Crippen LogP contribution in [-0.2, 0) is 16.6 Å². The zero-order valence-corrected chi connectivity index (χ0v) is 15.9. The number of carbonyl (C=O) groups excluding carboxylic acids is 3. The maximum Gasteiger partial charge on any atom is 0.340 e. The fraction of sp³-hybridized carbons (Fsp3) is 0.250. The molecule has 1 N–H and O–H groups in total. The van der Waals surface area contributed by atoms with Gasteiger partial charge in [0.25, 0.3) is 0 Å². The molecule has 0 atom stereocenters. The number of aromatic nitrogens is 3. The van der Waals surface area contributed by atoms with E-state index in [9.17, 15) is 14.4 Å². The van der Waals surface area contributed by atoms with Crippen molar-refractivity contribution in [3.05, 3.63) is 53.3 Å². The highest BCUT2D eigenvalue weighted by atomic mass is 16.5. The summed E-state index contributed by atoms with van der Waals surface area (Å²) in [6.07, 6.45) is 1.78. The average molecular weight is 380 g/mol. The van der Waals surface area contributed by atoms with Crippen molar-refractivity contribution in [1.82, 2.24) is 14.8 Å². The van der Waals surface area contributed by atoms with Crippen molar-refractivity contribution in [2.75, 3.05) is 11.9 Å². The Balaban J connectivity index is 1.63. The van der Waals surface area contributed by atoms with E-state index < -0.39 is 5.97 Å². The number of hydrogen-bond acceptors (Lipinski definition) is 6. The van der Waals surface area contributed by atoms with E-state index in [2.05, 4.69) is 15.4 Å². The quantitative estimate of drug-likeness (QED) is 0.521. The van der Waals surface area contributed by atoms with Crippen LogP contribution in [0.4, 0.5) is 5.69 Å². The average Bonchev–Trinajstić information content (AvgIpc) is 2.99. The third-order valence-electron chi connectivity index (χ3n) is 4.24. The highest BCUT2D eigenvalue weighted by Gasteiger charge is 2.15. The third kappa shape index (κ3) is 4.06. The molecule has 144 valence electrons. The number of amides is 1. The molecule has 28 heavy (non-hydrogen) atoms. The summed E-state index contributed by atoms with van der Waals surface area (Å²) in [5, 5.41) is 7.71. The number of nitrogens with one attached hydrogen (secondary N) is 1. The van der Waals surface area contributed by atoms with Crippen LogP contribution in [0.2, 0.25) is 0 Å². The second-order valence-electron chi connectivity index (χ2n) is 6.28. The Morgan fingerprint density at radius 2 is 1.86 bits per heavy atom. The number of anilines is 1. The van der Waals surface area contributed by atoms with Crippen LogP contribution < -0.4 is 5.32 Å². The van der Waals surface area contributed by atoms with Gasteiger partial charge < -0.3 is 10.1 Å². The van der Waals surface area contributed by atoms with Gasteiger partial charge in [0.2, 0.25) is 5.91 Å². The summed E-state index contributed by atoms with van der Waals surface area (Å²) in [5.74, 6) is -1.08. The Hall–Kier alpha value is -3.55.